The van der Waals surface area contributed by atoms with Crippen molar-refractivity contribution < 1.29 is 18.9 Å². The second-order valence-corrected chi connectivity index (χ2v) is 4.72. The molecule has 0 unspecified atom stereocenters. The first-order chi connectivity index (χ1) is 11.9. The Morgan fingerprint density at radius 2 is 1.71 bits per heavy atom. The number of rotatable bonds is 13. The molecule has 9 heteroatoms. The lowest BCUT2D eigenvalue weighted by Gasteiger charge is -2.08. The van der Waals surface area contributed by atoms with Gasteiger partial charge in [-0.25, -0.2) is 4.98 Å². The molecular weight excluding hydrogens is 314 g/mol. The molecular formula is C15H21N5O4. The molecule has 0 amide bonds. The Morgan fingerprint density at radius 1 is 1.00 bits per heavy atom. The predicted molar refractivity (Wildman–Crippen MR) is 88.1 cm³/mol. The first kappa shape index (κ1) is 18.0. The van der Waals surface area contributed by atoms with Gasteiger partial charge in [0, 0.05) is 17.5 Å². The zero-order chi connectivity index (χ0) is 16.9. The summed E-state index contributed by atoms with van der Waals surface area (Å²) in [6.07, 6.45) is 1.66. The molecule has 130 valence electrons. The maximum atomic E-state index is 8.08. The zero-order valence-corrected chi connectivity index (χ0v) is 13.4. The van der Waals surface area contributed by atoms with Crippen molar-refractivity contribution in [1.82, 2.24) is 9.97 Å². The molecule has 0 saturated carbocycles. The number of nitrogens with zero attached hydrogens (tertiary/aromatic N) is 4. The summed E-state index contributed by atoms with van der Waals surface area (Å²) in [4.78, 5) is 9.84. The van der Waals surface area contributed by atoms with Gasteiger partial charge in [-0.05, 0) is 17.7 Å². The predicted octanol–water partition coefficient (Wildman–Crippen LogP) is 2.30. The molecule has 0 radical (unpaired) electrons. The van der Waals surface area contributed by atoms with Gasteiger partial charge in [0.2, 0.25) is 0 Å². The fourth-order valence-corrected chi connectivity index (χ4v) is 1.91. The summed E-state index contributed by atoms with van der Waals surface area (Å²) in [6, 6.07) is 5.71. The number of imidazole rings is 1. The Bertz CT molecular complexity index is 642. The number of azide groups is 1. The van der Waals surface area contributed by atoms with E-state index in [0.717, 1.165) is 16.8 Å². The number of H-pyrrole nitrogens is 1. The summed E-state index contributed by atoms with van der Waals surface area (Å²) < 4.78 is 21.6. The number of aromatic nitrogens is 2. The van der Waals surface area contributed by atoms with Crippen molar-refractivity contribution in [3.05, 3.63) is 35.0 Å². The number of benzene rings is 1. The van der Waals surface area contributed by atoms with Crippen LogP contribution in [-0.2, 0) is 14.2 Å². The van der Waals surface area contributed by atoms with Crippen LogP contribution in [0.5, 0.6) is 5.75 Å². The van der Waals surface area contributed by atoms with Crippen molar-refractivity contribution in [3.63, 3.8) is 0 Å². The molecule has 1 aromatic heterocycles. The fraction of sp³-hybridized carbons (Fsp3) is 0.533. The zero-order valence-electron chi connectivity index (χ0n) is 13.4. The minimum atomic E-state index is 0.340. The number of fused-ring (bicyclic) bond motifs is 1. The summed E-state index contributed by atoms with van der Waals surface area (Å²) in [5.41, 5.74) is 9.94. The Labute approximate surface area is 139 Å². The van der Waals surface area contributed by atoms with Crippen molar-refractivity contribution >= 4 is 11.0 Å². The van der Waals surface area contributed by atoms with Crippen molar-refractivity contribution in [3.8, 4) is 5.75 Å². The highest BCUT2D eigenvalue weighted by Crippen LogP contribution is 2.17. The van der Waals surface area contributed by atoms with Crippen molar-refractivity contribution in [2.75, 3.05) is 52.8 Å². The summed E-state index contributed by atoms with van der Waals surface area (Å²) in [6.45, 7) is 3.67. The SMILES string of the molecule is [N-]=[N+]=NCCOCCOCCOCCOc1ccc2[nH]cnc2c1. The lowest BCUT2D eigenvalue weighted by molar-refractivity contribution is 0.0106. The maximum Gasteiger partial charge on any atom is 0.121 e. The van der Waals surface area contributed by atoms with E-state index in [9.17, 15) is 0 Å². The molecule has 1 aromatic carbocycles. The molecule has 0 saturated heterocycles. The van der Waals surface area contributed by atoms with Crippen LogP contribution in [0.1, 0.15) is 0 Å². The van der Waals surface area contributed by atoms with E-state index in [1.54, 1.807) is 6.33 Å². The Balaban J connectivity index is 1.41. The average Bonchev–Trinajstić information content (AvgIpc) is 3.07. The lowest BCUT2D eigenvalue weighted by atomic mass is 10.3. The van der Waals surface area contributed by atoms with E-state index in [1.165, 1.54) is 0 Å². The second-order valence-electron chi connectivity index (χ2n) is 4.72. The first-order valence-corrected chi connectivity index (χ1v) is 7.70. The van der Waals surface area contributed by atoms with Gasteiger partial charge in [0.1, 0.15) is 12.4 Å². The molecule has 24 heavy (non-hydrogen) atoms. The number of hydrogen-bond donors (Lipinski definition) is 1. The molecule has 1 heterocycles. The van der Waals surface area contributed by atoms with Gasteiger partial charge in [0.15, 0.2) is 0 Å². The van der Waals surface area contributed by atoms with Gasteiger partial charge >= 0.3 is 0 Å². The van der Waals surface area contributed by atoms with Crippen LogP contribution in [-0.4, -0.2) is 62.8 Å². The Morgan fingerprint density at radius 3 is 2.46 bits per heavy atom. The standard InChI is InChI=1S/C15H21N5O4/c16-20-19-3-4-21-5-6-22-7-8-23-9-10-24-13-1-2-14-15(11-13)18-12-17-14/h1-2,11-12H,3-10H2,(H,17,18). The van der Waals surface area contributed by atoms with Crippen LogP contribution in [0.2, 0.25) is 0 Å². The Kier molecular flexibility index (Phi) is 8.45. The molecule has 0 atom stereocenters. The van der Waals surface area contributed by atoms with Crippen LogP contribution in [0, 0.1) is 0 Å². The van der Waals surface area contributed by atoms with E-state index in [-0.39, 0.29) is 0 Å². The van der Waals surface area contributed by atoms with Crippen LogP contribution in [0.15, 0.2) is 29.6 Å². The topological polar surface area (TPSA) is 114 Å². The van der Waals surface area contributed by atoms with Gasteiger partial charge in [-0.2, -0.15) is 0 Å². The summed E-state index contributed by atoms with van der Waals surface area (Å²) in [5, 5.41) is 3.36. The third kappa shape index (κ3) is 6.84. The monoisotopic (exact) mass is 335 g/mol. The molecule has 2 rings (SSSR count). The summed E-state index contributed by atoms with van der Waals surface area (Å²) >= 11 is 0. The largest absolute Gasteiger partial charge is 0.491 e. The van der Waals surface area contributed by atoms with Gasteiger partial charge in [0.05, 0.1) is 57.0 Å². The average molecular weight is 335 g/mol. The van der Waals surface area contributed by atoms with Gasteiger partial charge in [0.25, 0.3) is 0 Å². The molecule has 1 N–H and O–H groups in total. The normalized spacial score (nSPS) is 10.7. The quantitative estimate of drug-likeness (QED) is 0.261. The van der Waals surface area contributed by atoms with E-state index in [2.05, 4.69) is 20.0 Å². The van der Waals surface area contributed by atoms with Crippen molar-refractivity contribution in [2.24, 2.45) is 5.11 Å². The number of hydrogen-bond acceptors (Lipinski definition) is 6. The maximum absolute atomic E-state index is 8.08. The molecule has 9 nitrogen and oxygen atoms in total. The van der Waals surface area contributed by atoms with E-state index >= 15 is 0 Å². The minimum Gasteiger partial charge on any atom is -0.491 e. The summed E-state index contributed by atoms with van der Waals surface area (Å²) in [7, 11) is 0. The minimum absolute atomic E-state index is 0.340. The third-order valence-electron chi connectivity index (χ3n) is 3.03. The third-order valence-corrected chi connectivity index (χ3v) is 3.03. The molecule has 0 aliphatic carbocycles. The second kappa shape index (κ2) is 11.3. The van der Waals surface area contributed by atoms with Gasteiger partial charge in [-0.1, -0.05) is 5.11 Å². The van der Waals surface area contributed by atoms with Gasteiger partial charge in [-0.15, -0.1) is 0 Å². The van der Waals surface area contributed by atoms with Crippen LogP contribution in [0.3, 0.4) is 0 Å². The van der Waals surface area contributed by atoms with Gasteiger partial charge in [-0.3, -0.25) is 0 Å². The highest BCUT2D eigenvalue weighted by Gasteiger charge is 1.99. The van der Waals surface area contributed by atoms with Crippen LogP contribution >= 0.6 is 0 Å². The van der Waals surface area contributed by atoms with Crippen LogP contribution in [0.4, 0.5) is 0 Å². The number of aromatic amines is 1. The molecule has 0 spiro atoms. The van der Waals surface area contributed by atoms with E-state index in [1.807, 2.05) is 18.2 Å². The van der Waals surface area contributed by atoms with Crippen LogP contribution < -0.4 is 4.74 Å². The van der Waals surface area contributed by atoms with Crippen LogP contribution in [0.25, 0.3) is 21.5 Å². The number of ether oxygens (including phenoxy) is 4. The highest BCUT2D eigenvalue weighted by atomic mass is 16.6. The lowest BCUT2D eigenvalue weighted by Crippen LogP contribution is -2.13. The van der Waals surface area contributed by atoms with E-state index in [4.69, 9.17) is 24.5 Å². The summed E-state index contributed by atoms with van der Waals surface area (Å²) in [5.74, 6) is 0.771. The van der Waals surface area contributed by atoms with Gasteiger partial charge < -0.3 is 23.9 Å². The van der Waals surface area contributed by atoms with Crippen molar-refractivity contribution in [2.45, 2.75) is 0 Å². The molecule has 0 fully saturated rings. The molecule has 2 aromatic rings. The molecule has 0 aliphatic rings. The Hall–Kier alpha value is -2.32. The van der Waals surface area contributed by atoms with E-state index in [0.29, 0.717) is 52.8 Å². The van der Waals surface area contributed by atoms with Crippen molar-refractivity contribution in [1.29, 1.82) is 0 Å². The fourth-order valence-electron chi connectivity index (χ4n) is 1.91. The van der Waals surface area contributed by atoms with E-state index < -0.39 is 0 Å². The molecule has 0 aliphatic heterocycles. The molecule has 0 bridgehead atoms. The number of nitrogens with one attached hydrogen (secondary N) is 1. The smallest absolute Gasteiger partial charge is 0.121 e. The first-order valence-electron chi connectivity index (χ1n) is 7.70. The highest BCUT2D eigenvalue weighted by molar-refractivity contribution is 5.75.